The Bertz CT molecular complexity index is 199. The van der Waals surface area contributed by atoms with Crippen LogP contribution >= 0.6 is 0 Å². The van der Waals surface area contributed by atoms with Gasteiger partial charge < -0.3 is 5.32 Å². The summed E-state index contributed by atoms with van der Waals surface area (Å²) in [6, 6.07) is 0.782. The van der Waals surface area contributed by atoms with E-state index in [0.717, 1.165) is 17.9 Å². The zero-order valence-corrected chi connectivity index (χ0v) is 9.65. The summed E-state index contributed by atoms with van der Waals surface area (Å²) in [5.74, 6) is 1.87. The molecule has 2 aliphatic rings. The van der Waals surface area contributed by atoms with Crippen LogP contribution in [0.15, 0.2) is 0 Å². The minimum Gasteiger partial charge on any atom is -0.316 e. The summed E-state index contributed by atoms with van der Waals surface area (Å²) in [4.78, 5) is 0. The van der Waals surface area contributed by atoms with Crippen LogP contribution in [0, 0.1) is 22.7 Å². The molecule has 1 nitrogen and oxygen atoms in total. The van der Waals surface area contributed by atoms with Crippen LogP contribution in [0.3, 0.4) is 0 Å². The average molecular weight is 181 g/mol. The number of hydrogen-bond donors (Lipinski definition) is 1. The minimum atomic E-state index is 0.545. The molecule has 1 heteroatoms. The summed E-state index contributed by atoms with van der Waals surface area (Å²) >= 11 is 0. The molecule has 0 radical (unpaired) electrons. The third kappa shape index (κ3) is 1.16. The molecule has 13 heavy (non-hydrogen) atoms. The zero-order valence-electron chi connectivity index (χ0n) is 9.65. The van der Waals surface area contributed by atoms with Crippen LogP contribution in [-0.4, -0.2) is 13.1 Å². The minimum absolute atomic E-state index is 0.545. The van der Waals surface area contributed by atoms with Gasteiger partial charge in [-0.1, -0.05) is 27.7 Å². The van der Waals surface area contributed by atoms with Gasteiger partial charge in [0.25, 0.3) is 0 Å². The van der Waals surface area contributed by atoms with Crippen LogP contribution < -0.4 is 5.32 Å². The Morgan fingerprint density at radius 2 is 1.54 bits per heavy atom. The van der Waals surface area contributed by atoms with Crippen molar-refractivity contribution in [1.29, 1.82) is 0 Å². The van der Waals surface area contributed by atoms with Gasteiger partial charge in [0.1, 0.15) is 0 Å². The van der Waals surface area contributed by atoms with E-state index in [4.69, 9.17) is 0 Å². The highest BCUT2D eigenvalue weighted by molar-refractivity contribution is 5.18. The lowest BCUT2D eigenvalue weighted by Crippen LogP contribution is -2.32. The summed E-state index contributed by atoms with van der Waals surface area (Å²) in [6.45, 7) is 9.68. The van der Waals surface area contributed by atoms with Crippen molar-refractivity contribution < 1.29 is 0 Å². The molecule has 1 N–H and O–H groups in total. The van der Waals surface area contributed by atoms with Crippen LogP contribution in [-0.2, 0) is 0 Å². The maximum Gasteiger partial charge on any atom is 0.0131 e. The largest absolute Gasteiger partial charge is 0.316 e. The van der Waals surface area contributed by atoms with Gasteiger partial charge in [0, 0.05) is 6.04 Å². The molecule has 2 saturated carbocycles. The van der Waals surface area contributed by atoms with Crippen molar-refractivity contribution >= 4 is 0 Å². The predicted molar refractivity (Wildman–Crippen MR) is 56.6 cm³/mol. The first kappa shape index (κ1) is 9.51. The van der Waals surface area contributed by atoms with Gasteiger partial charge >= 0.3 is 0 Å². The van der Waals surface area contributed by atoms with Crippen LogP contribution in [0.25, 0.3) is 0 Å². The van der Waals surface area contributed by atoms with E-state index in [1.54, 1.807) is 0 Å². The molecule has 0 aliphatic heterocycles. The van der Waals surface area contributed by atoms with Gasteiger partial charge in [-0.15, -0.1) is 0 Å². The topological polar surface area (TPSA) is 12.0 Å². The molecular formula is C12H23N. The SMILES string of the molecule is CNC(C1CC1)C1C(C)(C)C1(C)C. The second-order valence-corrected chi connectivity index (χ2v) is 6.07. The van der Waals surface area contributed by atoms with Gasteiger partial charge in [-0.25, -0.2) is 0 Å². The maximum absolute atomic E-state index is 3.54. The molecule has 1 atom stereocenters. The molecule has 0 heterocycles. The van der Waals surface area contributed by atoms with E-state index in [0.29, 0.717) is 10.8 Å². The molecule has 76 valence electrons. The van der Waals surface area contributed by atoms with E-state index >= 15 is 0 Å². The van der Waals surface area contributed by atoms with Crippen molar-refractivity contribution in [3.63, 3.8) is 0 Å². The second-order valence-electron chi connectivity index (χ2n) is 6.07. The monoisotopic (exact) mass is 181 g/mol. The molecule has 2 rings (SSSR count). The second kappa shape index (κ2) is 2.50. The summed E-state index contributed by atoms with van der Waals surface area (Å²) in [5.41, 5.74) is 1.09. The van der Waals surface area contributed by atoms with Gasteiger partial charge in [-0.2, -0.15) is 0 Å². The third-order valence-electron chi connectivity index (χ3n) is 4.95. The van der Waals surface area contributed by atoms with Gasteiger partial charge in [0.2, 0.25) is 0 Å². The first-order valence-corrected chi connectivity index (χ1v) is 5.60. The van der Waals surface area contributed by atoms with Crippen LogP contribution in [0.1, 0.15) is 40.5 Å². The Hall–Kier alpha value is -0.0400. The van der Waals surface area contributed by atoms with Crippen LogP contribution in [0.4, 0.5) is 0 Å². The number of rotatable bonds is 3. The summed E-state index contributed by atoms with van der Waals surface area (Å²) in [6.07, 6.45) is 2.91. The summed E-state index contributed by atoms with van der Waals surface area (Å²) in [7, 11) is 2.13. The van der Waals surface area contributed by atoms with Crippen molar-refractivity contribution in [2.75, 3.05) is 7.05 Å². The highest BCUT2D eigenvalue weighted by Crippen LogP contribution is 2.71. The van der Waals surface area contributed by atoms with E-state index in [2.05, 4.69) is 40.1 Å². The fourth-order valence-corrected chi connectivity index (χ4v) is 3.28. The lowest BCUT2D eigenvalue weighted by Gasteiger charge is -2.17. The molecule has 0 aromatic carbocycles. The van der Waals surface area contributed by atoms with Gasteiger partial charge in [-0.05, 0) is 42.6 Å². The van der Waals surface area contributed by atoms with Crippen molar-refractivity contribution in [1.82, 2.24) is 5.32 Å². The van der Waals surface area contributed by atoms with E-state index in [9.17, 15) is 0 Å². The predicted octanol–water partition coefficient (Wildman–Crippen LogP) is 2.67. The highest BCUT2D eigenvalue weighted by atomic mass is 15.0. The van der Waals surface area contributed by atoms with E-state index < -0.39 is 0 Å². The first-order valence-electron chi connectivity index (χ1n) is 5.60. The Kier molecular flexibility index (Phi) is 1.83. The molecule has 0 aromatic rings. The maximum atomic E-state index is 3.54. The molecule has 0 aromatic heterocycles. The summed E-state index contributed by atoms with van der Waals surface area (Å²) in [5, 5.41) is 3.54. The standard InChI is InChI=1S/C12H23N/c1-11(2)10(12(11,3)4)9(13-5)8-6-7-8/h8-10,13H,6-7H2,1-5H3. The number of nitrogens with one attached hydrogen (secondary N) is 1. The van der Waals surface area contributed by atoms with Crippen LogP contribution in [0.2, 0.25) is 0 Å². The molecule has 0 bridgehead atoms. The molecule has 0 saturated heterocycles. The third-order valence-corrected chi connectivity index (χ3v) is 4.95. The Labute approximate surface area is 82.3 Å². The van der Waals surface area contributed by atoms with E-state index in [1.165, 1.54) is 12.8 Å². The van der Waals surface area contributed by atoms with Crippen LogP contribution in [0.5, 0.6) is 0 Å². The van der Waals surface area contributed by atoms with Crippen molar-refractivity contribution in [2.45, 2.75) is 46.6 Å². The van der Waals surface area contributed by atoms with E-state index in [-0.39, 0.29) is 0 Å². The Balaban J connectivity index is 2.09. The van der Waals surface area contributed by atoms with Gasteiger partial charge in [-0.3, -0.25) is 0 Å². The van der Waals surface area contributed by atoms with Crippen molar-refractivity contribution in [2.24, 2.45) is 22.7 Å². The molecule has 0 spiro atoms. The van der Waals surface area contributed by atoms with Crippen molar-refractivity contribution in [3.8, 4) is 0 Å². The Morgan fingerprint density at radius 1 is 1.08 bits per heavy atom. The average Bonchev–Trinajstić information content (AvgIpc) is 2.86. The quantitative estimate of drug-likeness (QED) is 0.706. The molecule has 2 aliphatic carbocycles. The molecule has 2 fully saturated rings. The lowest BCUT2D eigenvalue weighted by molar-refractivity contribution is 0.384. The van der Waals surface area contributed by atoms with Gasteiger partial charge in [0.15, 0.2) is 0 Å². The molecule has 0 amide bonds. The van der Waals surface area contributed by atoms with E-state index in [1.807, 2.05) is 0 Å². The number of hydrogen-bond acceptors (Lipinski definition) is 1. The smallest absolute Gasteiger partial charge is 0.0131 e. The normalized spacial score (nSPS) is 33.0. The van der Waals surface area contributed by atoms with Gasteiger partial charge in [0.05, 0.1) is 0 Å². The summed E-state index contributed by atoms with van der Waals surface area (Å²) < 4.78 is 0. The highest BCUT2D eigenvalue weighted by Gasteiger charge is 2.68. The Morgan fingerprint density at radius 3 is 1.77 bits per heavy atom. The fraction of sp³-hybridized carbons (Fsp3) is 1.00. The molecular weight excluding hydrogens is 158 g/mol. The van der Waals surface area contributed by atoms with Crippen molar-refractivity contribution in [3.05, 3.63) is 0 Å². The molecule has 1 unspecified atom stereocenters. The zero-order chi connectivity index (χ0) is 9.85. The first-order chi connectivity index (χ1) is 5.93. The lowest BCUT2D eigenvalue weighted by atomic mass is 10.0. The fourth-order valence-electron chi connectivity index (χ4n) is 3.28.